The van der Waals surface area contributed by atoms with Crippen LogP contribution in [-0.4, -0.2) is 38.0 Å². The van der Waals surface area contributed by atoms with E-state index in [9.17, 15) is 19.1 Å². The summed E-state index contributed by atoms with van der Waals surface area (Å²) in [4.78, 5) is 29.4. The summed E-state index contributed by atoms with van der Waals surface area (Å²) in [5.74, 6) is -2.27. The third-order valence-electron chi connectivity index (χ3n) is 3.97. The van der Waals surface area contributed by atoms with Gasteiger partial charge in [-0.3, -0.25) is 9.36 Å². The first-order chi connectivity index (χ1) is 10.6. The van der Waals surface area contributed by atoms with Crippen molar-refractivity contribution < 1.29 is 19.1 Å². The molecule has 4 rings (SSSR count). The van der Waals surface area contributed by atoms with Gasteiger partial charge in [0, 0.05) is 6.54 Å². The highest BCUT2D eigenvalue weighted by atomic mass is 19.1. The molecule has 0 bridgehead atoms. The molecule has 110 valence electrons. The molecule has 0 aliphatic carbocycles. The minimum absolute atomic E-state index is 0.0655. The van der Waals surface area contributed by atoms with Gasteiger partial charge in [-0.05, 0) is 12.1 Å². The van der Waals surface area contributed by atoms with E-state index in [1.54, 1.807) is 18.2 Å². The van der Waals surface area contributed by atoms with Crippen LogP contribution in [-0.2, 0) is 0 Å². The molecule has 2 aromatic rings. The number of halogens is 1. The molecule has 22 heavy (non-hydrogen) atoms. The van der Waals surface area contributed by atoms with E-state index in [-0.39, 0.29) is 11.3 Å². The quantitative estimate of drug-likeness (QED) is 0.814. The highest BCUT2D eigenvalue weighted by Gasteiger charge is 2.38. The summed E-state index contributed by atoms with van der Waals surface area (Å²) in [6, 6.07) is 3.72. The zero-order chi connectivity index (χ0) is 15.4. The standard InChI is InChI=1S/C15H10FN3O3/c16-8-3-1-4-9-11(8)14(20)18-6-2-5-10(18)13-12(15(21)22)17-7-19(9)13/h1-5,7,10H,6H2,(H,21,22). The number of carboxylic acids is 1. The van der Waals surface area contributed by atoms with Crippen molar-refractivity contribution in [3.05, 3.63) is 59.4 Å². The number of aromatic nitrogens is 2. The Balaban J connectivity index is 2.09. The van der Waals surface area contributed by atoms with Crippen molar-refractivity contribution in [2.45, 2.75) is 6.04 Å². The first-order valence-electron chi connectivity index (χ1n) is 6.66. The second-order valence-electron chi connectivity index (χ2n) is 5.12. The molecule has 1 aromatic carbocycles. The summed E-state index contributed by atoms with van der Waals surface area (Å²) in [6.07, 6.45) is 4.82. The van der Waals surface area contributed by atoms with Crippen molar-refractivity contribution >= 4 is 11.9 Å². The maximum Gasteiger partial charge on any atom is 0.356 e. The fraction of sp³-hybridized carbons (Fsp3) is 0.133. The normalized spacial score (nSPS) is 18.7. The van der Waals surface area contributed by atoms with Gasteiger partial charge >= 0.3 is 5.97 Å². The molecule has 2 aliphatic rings. The average Bonchev–Trinajstić information content (AvgIpc) is 3.10. The zero-order valence-corrected chi connectivity index (χ0v) is 11.2. The van der Waals surface area contributed by atoms with Crippen molar-refractivity contribution in [1.29, 1.82) is 0 Å². The first-order valence-corrected chi connectivity index (χ1v) is 6.66. The number of nitrogens with zero attached hydrogens (tertiary/aromatic N) is 3. The molecule has 1 amide bonds. The van der Waals surface area contributed by atoms with E-state index >= 15 is 0 Å². The number of hydrogen-bond acceptors (Lipinski definition) is 3. The number of amides is 1. The largest absolute Gasteiger partial charge is 0.476 e. The highest BCUT2D eigenvalue weighted by molar-refractivity contribution is 6.00. The van der Waals surface area contributed by atoms with Crippen LogP contribution in [0.1, 0.15) is 32.6 Å². The van der Waals surface area contributed by atoms with Gasteiger partial charge in [0.2, 0.25) is 0 Å². The van der Waals surface area contributed by atoms with Gasteiger partial charge in [-0.15, -0.1) is 0 Å². The Labute approximate surface area is 124 Å². The lowest BCUT2D eigenvalue weighted by atomic mass is 10.1. The number of rotatable bonds is 1. The van der Waals surface area contributed by atoms with Crippen molar-refractivity contribution in [3.8, 4) is 5.69 Å². The molecule has 1 unspecified atom stereocenters. The Hall–Kier alpha value is -2.96. The number of carboxylic acid groups (broad SMARTS) is 1. The molecule has 0 spiro atoms. The van der Waals surface area contributed by atoms with Gasteiger partial charge in [-0.1, -0.05) is 18.2 Å². The Bertz CT molecular complexity index is 856. The van der Waals surface area contributed by atoms with Gasteiger partial charge in [-0.25, -0.2) is 14.2 Å². The molecule has 0 fully saturated rings. The molecule has 0 saturated carbocycles. The number of aromatic carboxylic acids is 1. The zero-order valence-electron chi connectivity index (χ0n) is 11.2. The van der Waals surface area contributed by atoms with Crippen LogP contribution >= 0.6 is 0 Å². The van der Waals surface area contributed by atoms with Crippen LogP contribution in [0.3, 0.4) is 0 Å². The maximum atomic E-state index is 14.2. The van der Waals surface area contributed by atoms with Gasteiger partial charge in [-0.2, -0.15) is 0 Å². The minimum atomic E-state index is -1.18. The summed E-state index contributed by atoms with van der Waals surface area (Å²) in [5, 5.41) is 9.33. The monoisotopic (exact) mass is 299 g/mol. The van der Waals surface area contributed by atoms with Crippen molar-refractivity contribution in [2.75, 3.05) is 6.54 Å². The van der Waals surface area contributed by atoms with Crippen LogP contribution in [0.4, 0.5) is 4.39 Å². The number of benzene rings is 1. The molecule has 1 aromatic heterocycles. The summed E-state index contributed by atoms with van der Waals surface area (Å²) >= 11 is 0. The van der Waals surface area contributed by atoms with Gasteiger partial charge in [0.15, 0.2) is 5.69 Å². The lowest BCUT2D eigenvalue weighted by Crippen LogP contribution is -2.31. The molecule has 6 nitrogen and oxygen atoms in total. The Morgan fingerprint density at radius 2 is 2.23 bits per heavy atom. The third kappa shape index (κ3) is 1.50. The van der Waals surface area contributed by atoms with Crippen molar-refractivity contribution in [3.63, 3.8) is 0 Å². The SMILES string of the molecule is O=C(O)c1ncn2c1C1C=CCN1C(=O)c1c(F)cccc1-2. The van der Waals surface area contributed by atoms with Crippen LogP contribution in [0, 0.1) is 5.82 Å². The predicted molar refractivity (Wildman–Crippen MR) is 73.4 cm³/mol. The second kappa shape index (κ2) is 4.27. The van der Waals surface area contributed by atoms with E-state index in [0.717, 1.165) is 0 Å². The van der Waals surface area contributed by atoms with E-state index in [4.69, 9.17) is 0 Å². The van der Waals surface area contributed by atoms with E-state index in [1.807, 2.05) is 0 Å². The maximum absolute atomic E-state index is 14.2. The van der Waals surface area contributed by atoms with Gasteiger partial charge in [0.25, 0.3) is 5.91 Å². The number of hydrogen-bond donors (Lipinski definition) is 1. The Morgan fingerprint density at radius 3 is 3.00 bits per heavy atom. The molecule has 0 radical (unpaired) electrons. The second-order valence-corrected chi connectivity index (χ2v) is 5.12. The van der Waals surface area contributed by atoms with Crippen LogP contribution in [0.25, 0.3) is 5.69 Å². The van der Waals surface area contributed by atoms with E-state index in [1.165, 1.54) is 27.9 Å². The molecule has 3 heterocycles. The smallest absolute Gasteiger partial charge is 0.356 e. The minimum Gasteiger partial charge on any atom is -0.476 e. The predicted octanol–water partition coefficient (Wildman–Crippen LogP) is 1.78. The number of carbonyl (C=O) groups is 2. The van der Waals surface area contributed by atoms with Crippen LogP contribution in [0.15, 0.2) is 36.7 Å². The van der Waals surface area contributed by atoms with Crippen molar-refractivity contribution in [2.24, 2.45) is 0 Å². The molecule has 0 saturated heterocycles. The van der Waals surface area contributed by atoms with E-state index < -0.39 is 23.7 Å². The summed E-state index contributed by atoms with van der Waals surface area (Å²) < 4.78 is 15.7. The fourth-order valence-electron chi connectivity index (χ4n) is 3.03. The number of imidazole rings is 1. The molecule has 1 N–H and O–H groups in total. The average molecular weight is 299 g/mol. The fourth-order valence-corrected chi connectivity index (χ4v) is 3.03. The molecule has 2 aliphatic heterocycles. The Morgan fingerprint density at radius 1 is 1.41 bits per heavy atom. The van der Waals surface area contributed by atoms with Crippen LogP contribution in [0.2, 0.25) is 0 Å². The van der Waals surface area contributed by atoms with Crippen LogP contribution in [0.5, 0.6) is 0 Å². The van der Waals surface area contributed by atoms with Gasteiger partial charge in [0.1, 0.15) is 12.1 Å². The number of fused-ring (bicyclic) bond motifs is 5. The van der Waals surface area contributed by atoms with E-state index in [2.05, 4.69) is 4.98 Å². The van der Waals surface area contributed by atoms with Crippen molar-refractivity contribution in [1.82, 2.24) is 14.5 Å². The number of carbonyl (C=O) groups excluding carboxylic acids is 1. The lowest BCUT2D eigenvalue weighted by molar-refractivity contribution is 0.0676. The topological polar surface area (TPSA) is 75.4 Å². The van der Waals surface area contributed by atoms with E-state index in [0.29, 0.717) is 17.9 Å². The van der Waals surface area contributed by atoms with Crippen LogP contribution < -0.4 is 0 Å². The third-order valence-corrected chi connectivity index (χ3v) is 3.97. The summed E-state index contributed by atoms with van der Waals surface area (Å²) in [6.45, 7) is 0.307. The summed E-state index contributed by atoms with van der Waals surface area (Å²) in [5.41, 5.74) is 0.470. The molecular formula is C15H10FN3O3. The summed E-state index contributed by atoms with van der Waals surface area (Å²) in [7, 11) is 0. The van der Waals surface area contributed by atoms with Gasteiger partial charge in [0.05, 0.1) is 23.0 Å². The molecular weight excluding hydrogens is 289 g/mol. The molecule has 1 atom stereocenters. The molecule has 7 heteroatoms. The highest BCUT2D eigenvalue weighted by Crippen LogP contribution is 2.37. The van der Waals surface area contributed by atoms with Gasteiger partial charge < -0.3 is 10.0 Å². The Kier molecular flexibility index (Phi) is 2.47. The lowest BCUT2D eigenvalue weighted by Gasteiger charge is -2.22. The first kappa shape index (κ1) is 12.8.